The lowest BCUT2D eigenvalue weighted by Crippen LogP contribution is -2.35. The summed E-state index contributed by atoms with van der Waals surface area (Å²) in [6.45, 7) is 7.29. The Morgan fingerprint density at radius 2 is 1.95 bits per heavy atom. The van der Waals surface area contributed by atoms with Gasteiger partial charge in [-0.3, -0.25) is 9.69 Å². The van der Waals surface area contributed by atoms with E-state index in [1.165, 1.54) is 11.8 Å². The zero-order valence-electron chi connectivity index (χ0n) is 12.2. The van der Waals surface area contributed by atoms with Gasteiger partial charge in [0.2, 0.25) is 0 Å². The van der Waals surface area contributed by atoms with Gasteiger partial charge in [-0.2, -0.15) is 0 Å². The third kappa shape index (κ3) is 2.76. The van der Waals surface area contributed by atoms with Gasteiger partial charge in [-0.05, 0) is 51.8 Å². The van der Waals surface area contributed by atoms with Crippen LogP contribution in [-0.4, -0.2) is 29.1 Å². The van der Waals surface area contributed by atoms with Crippen LogP contribution in [0.2, 0.25) is 0 Å². The first kappa shape index (κ1) is 14.4. The smallest absolute Gasteiger partial charge is 0.414 e. The van der Waals surface area contributed by atoms with Gasteiger partial charge in [-0.25, -0.2) is 4.79 Å². The fourth-order valence-electron chi connectivity index (χ4n) is 2.21. The summed E-state index contributed by atoms with van der Waals surface area (Å²) in [4.78, 5) is 25.1. The number of phenolic OH excluding ortho intramolecular Hbond substituents is 1. The molecule has 1 aliphatic rings. The molecule has 0 spiro atoms. The Bertz CT molecular complexity index is 572. The number of phenols is 1. The Kier molecular flexibility index (Phi) is 3.46. The van der Waals surface area contributed by atoms with Crippen LogP contribution in [-0.2, 0) is 11.2 Å². The van der Waals surface area contributed by atoms with Crippen molar-refractivity contribution in [3.63, 3.8) is 0 Å². The predicted molar refractivity (Wildman–Crippen MR) is 75.4 cm³/mol. The largest absolute Gasteiger partial charge is 0.507 e. The van der Waals surface area contributed by atoms with E-state index in [1.54, 1.807) is 32.9 Å². The van der Waals surface area contributed by atoms with Gasteiger partial charge in [-0.1, -0.05) is 0 Å². The normalized spacial score (nSPS) is 14.1. The van der Waals surface area contributed by atoms with Crippen molar-refractivity contribution in [1.29, 1.82) is 0 Å². The molecule has 0 unspecified atom stereocenters. The van der Waals surface area contributed by atoms with Gasteiger partial charge in [0.15, 0.2) is 5.78 Å². The summed E-state index contributed by atoms with van der Waals surface area (Å²) < 4.78 is 5.35. The average Bonchev–Trinajstić information content (AvgIpc) is 2.67. The molecule has 20 heavy (non-hydrogen) atoms. The average molecular weight is 277 g/mol. The van der Waals surface area contributed by atoms with Gasteiger partial charge in [-0.15, -0.1) is 0 Å². The van der Waals surface area contributed by atoms with Crippen molar-refractivity contribution in [3.8, 4) is 5.75 Å². The first-order chi connectivity index (χ1) is 9.19. The Morgan fingerprint density at radius 3 is 2.50 bits per heavy atom. The van der Waals surface area contributed by atoms with E-state index in [0.29, 0.717) is 18.7 Å². The van der Waals surface area contributed by atoms with Crippen molar-refractivity contribution < 1.29 is 19.4 Å². The number of hydrogen-bond donors (Lipinski definition) is 1. The highest BCUT2D eigenvalue weighted by Gasteiger charge is 2.30. The van der Waals surface area contributed by atoms with Crippen LogP contribution in [0.15, 0.2) is 12.1 Å². The summed E-state index contributed by atoms with van der Waals surface area (Å²) in [6, 6.07) is 3.11. The number of ether oxygens (including phenoxy) is 1. The summed E-state index contributed by atoms with van der Waals surface area (Å²) in [7, 11) is 0. The minimum atomic E-state index is -0.569. The SMILES string of the molecule is CC(=O)c1cc2c(cc1O)CCN2C(=O)OC(C)(C)C. The first-order valence-corrected chi connectivity index (χ1v) is 6.56. The lowest BCUT2D eigenvalue weighted by molar-refractivity contribution is 0.0583. The number of Topliss-reactive ketones (excluding diaryl/α,β-unsaturated/α-hetero) is 1. The van der Waals surface area contributed by atoms with E-state index in [4.69, 9.17) is 4.74 Å². The van der Waals surface area contributed by atoms with Crippen LogP contribution in [0.4, 0.5) is 10.5 Å². The topological polar surface area (TPSA) is 66.8 Å². The number of amides is 1. The van der Waals surface area contributed by atoms with E-state index >= 15 is 0 Å². The van der Waals surface area contributed by atoms with Crippen LogP contribution in [0.3, 0.4) is 0 Å². The zero-order valence-corrected chi connectivity index (χ0v) is 12.2. The van der Waals surface area contributed by atoms with E-state index in [1.807, 2.05) is 0 Å². The van der Waals surface area contributed by atoms with Crippen molar-refractivity contribution in [2.24, 2.45) is 0 Å². The van der Waals surface area contributed by atoms with E-state index < -0.39 is 11.7 Å². The summed E-state index contributed by atoms with van der Waals surface area (Å²) in [6.07, 6.45) is 0.205. The number of hydrogen-bond acceptors (Lipinski definition) is 4. The highest BCUT2D eigenvalue weighted by Crippen LogP contribution is 2.34. The number of carbonyl (C=O) groups excluding carboxylic acids is 2. The Morgan fingerprint density at radius 1 is 1.30 bits per heavy atom. The molecule has 1 aromatic rings. The van der Waals surface area contributed by atoms with Gasteiger partial charge in [0, 0.05) is 6.54 Å². The number of rotatable bonds is 1. The van der Waals surface area contributed by atoms with Crippen molar-refractivity contribution in [2.75, 3.05) is 11.4 Å². The molecule has 0 aliphatic carbocycles. The molecule has 1 aromatic carbocycles. The van der Waals surface area contributed by atoms with Gasteiger partial charge in [0.1, 0.15) is 11.4 Å². The Labute approximate surface area is 118 Å². The molecule has 0 atom stereocenters. The minimum absolute atomic E-state index is 0.0395. The first-order valence-electron chi connectivity index (χ1n) is 6.56. The van der Waals surface area contributed by atoms with Crippen LogP contribution >= 0.6 is 0 Å². The second-order valence-corrected chi connectivity index (χ2v) is 5.94. The lowest BCUT2D eigenvalue weighted by atomic mass is 10.1. The molecule has 108 valence electrons. The van der Waals surface area contributed by atoms with Crippen LogP contribution < -0.4 is 4.90 Å². The van der Waals surface area contributed by atoms with Gasteiger partial charge in [0.05, 0.1) is 11.3 Å². The molecule has 1 heterocycles. The van der Waals surface area contributed by atoms with E-state index in [-0.39, 0.29) is 17.1 Å². The second-order valence-electron chi connectivity index (χ2n) is 5.94. The molecule has 5 nitrogen and oxygen atoms in total. The number of benzene rings is 1. The molecular weight excluding hydrogens is 258 g/mol. The maximum Gasteiger partial charge on any atom is 0.414 e. The zero-order chi connectivity index (χ0) is 15.1. The van der Waals surface area contributed by atoms with Crippen LogP contribution in [0.25, 0.3) is 0 Å². The molecule has 0 fully saturated rings. The molecule has 1 aliphatic heterocycles. The van der Waals surface area contributed by atoms with Crippen molar-refractivity contribution in [3.05, 3.63) is 23.3 Å². The van der Waals surface area contributed by atoms with Crippen molar-refractivity contribution in [1.82, 2.24) is 0 Å². The lowest BCUT2D eigenvalue weighted by Gasteiger charge is -2.25. The third-order valence-corrected chi connectivity index (χ3v) is 3.09. The molecule has 5 heteroatoms. The number of nitrogens with zero attached hydrogens (tertiary/aromatic N) is 1. The number of ketones is 1. The highest BCUT2D eigenvalue weighted by atomic mass is 16.6. The molecule has 1 N–H and O–H groups in total. The molecule has 1 amide bonds. The summed E-state index contributed by atoms with van der Waals surface area (Å²) in [5.74, 6) is -0.274. The van der Waals surface area contributed by atoms with Gasteiger partial charge < -0.3 is 9.84 Å². The number of carbonyl (C=O) groups is 2. The maximum absolute atomic E-state index is 12.1. The summed E-state index contributed by atoms with van der Waals surface area (Å²) in [5, 5.41) is 9.80. The van der Waals surface area contributed by atoms with Crippen molar-refractivity contribution in [2.45, 2.75) is 39.7 Å². The summed E-state index contributed by atoms with van der Waals surface area (Å²) in [5.41, 5.74) is 1.14. The van der Waals surface area contributed by atoms with E-state index in [9.17, 15) is 14.7 Å². The van der Waals surface area contributed by atoms with Crippen LogP contribution in [0.5, 0.6) is 5.75 Å². The minimum Gasteiger partial charge on any atom is -0.507 e. The standard InChI is InChI=1S/C15H19NO4/c1-9(17)11-8-12-10(7-13(11)18)5-6-16(12)14(19)20-15(2,3)4/h7-8,18H,5-6H2,1-4H3. The number of fused-ring (bicyclic) bond motifs is 1. The van der Waals surface area contributed by atoms with Crippen LogP contribution in [0.1, 0.15) is 43.6 Å². The molecule has 0 bridgehead atoms. The predicted octanol–water partition coefficient (Wildman–Crippen LogP) is 2.89. The highest BCUT2D eigenvalue weighted by molar-refractivity contribution is 6.00. The molecule has 0 aromatic heterocycles. The van der Waals surface area contributed by atoms with Crippen LogP contribution in [0, 0.1) is 0 Å². The number of anilines is 1. The molecule has 0 saturated heterocycles. The second kappa shape index (κ2) is 4.81. The molecule has 0 saturated carbocycles. The van der Waals surface area contributed by atoms with Gasteiger partial charge >= 0.3 is 6.09 Å². The molecule has 0 radical (unpaired) electrons. The maximum atomic E-state index is 12.1. The monoisotopic (exact) mass is 277 g/mol. The van der Waals surface area contributed by atoms with Crippen molar-refractivity contribution >= 4 is 17.6 Å². The van der Waals surface area contributed by atoms with Gasteiger partial charge in [0.25, 0.3) is 0 Å². The number of aromatic hydroxyl groups is 1. The fourth-order valence-corrected chi connectivity index (χ4v) is 2.21. The fraction of sp³-hybridized carbons (Fsp3) is 0.467. The molecule has 2 rings (SSSR count). The van der Waals surface area contributed by atoms with E-state index in [2.05, 4.69) is 0 Å². The molecular formula is C15H19NO4. The Hall–Kier alpha value is -2.04. The third-order valence-electron chi connectivity index (χ3n) is 3.09. The Balaban J connectivity index is 2.35. The summed E-state index contributed by atoms with van der Waals surface area (Å²) >= 11 is 0. The quantitative estimate of drug-likeness (QED) is 0.801. The van der Waals surface area contributed by atoms with E-state index in [0.717, 1.165) is 5.56 Å².